The SMILES string of the molecule is CCCN1CC(C(C)=N)C1. The molecule has 1 N–H and O–H groups in total. The van der Waals surface area contributed by atoms with Gasteiger partial charge in [0.1, 0.15) is 0 Å². The van der Waals surface area contributed by atoms with Crippen LogP contribution in [-0.2, 0) is 0 Å². The van der Waals surface area contributed by atoms with Gasteiger partial charge in [-0.1, -0.05) is 6.92 Å². The van der Waals surface area contributed by atoms with Crippen molar-refractivity contribution in [2.75, 3.05) is 19.6 Å². The lowest BCUT2D eigenvalue weighted by atomic mass is 9.95. The smallest absolute Gasteiger partial charge is 0.0218 e. The molecular weight excluding hydrogens is 124 g/mol. The van der Waals surface area contributed by atoms with Gasteiger partial charge in [0, 0.05) is 24.7 Å². The second-order valence-corrected chi connectivity index (χ2v) is 3.14. The van der Waals surface area contributed by atoms with Crippen molar-refractivity contribution in [2.24, 2.45) is 5.92 Å². The molecule has 0 radical (unpaired) electrons. The molecule has 0 unspecified atom stereocenters. The van der Waals surface area contributed by atoms with Crippen molar-refractivity contribution in [3.8, 4) is 0 Å². The molecule has 0 aromatic rings. The topological polar surface area (TPSA) is 27.1 Å². The Bertz CT molecular complexity index is 125. The van der Waals surface area contributed by atoms with E-state index in [1.165, 1.54) is 13.0 Å². The molecule has 1 rings (SSSR count). The van der Waals surface area contributed by atoms with Crippen LogP contribution >= 0.6 is 0 Å². The molecule has 0 amide bonds. The van der Waals surface area contributed by atoms with Crippen molar-refractivity contribution in [1.82, 2.24) is 4.90 Å². The van der Waals surface area contributed by atoms with E-state index in [9.17, 15) is 0 Å². The zero-order valence-corrected chi connectivity index (χ0v) is 6.85. The predicted octanol–water partition coefficient (Wildman–Crippen LogP) is 1.37. The first-order valence-corrected chi connectivity index (χ1v) is 4.01. The molecule has 1 aliphatic heterocycles. The highest BCUT2D eigenvalue weighted by atomic mass is 15.2. The van der Waals surface area contributed by atoms with Gasteiger partial charge in [-0.15, -0.1) is 0 Å². The van der Waals surface area contributed by atoms with Gasteiger partial charge in [-0.25, -0.2) is 0 Å². The molecule has 0 atom stereocenters. The number of nitrogens with zero attached hydrogens (tertiary/aromatic N) is 1. The molecule has 0 aromatic heterocycles. The summed E-state index contributed by atoms with van der Waals surface area (Å²) >= 11 is 0. The van der Waals surface area contributed by atoms with E-state index in [1.54, 1.807) is 0 Å². The Balaban J connectivity index is 2.12. The highest BCUT2D eigenvalue weighted by Gasteiger charge is 2.26. The zero-order chi connectivity index (χ0) is 7.56. The van der Waals surface area contributed by atoms with Gasteiger partial charge < -0.3 is 10.3 Å². The average Bonchev–Trinajstić information content (AvgIpc) is 1.76. The fourth-order valence-electron chi connectivity index (χ4n) is 1.34. The van der Waals surface area contributed by atoms with E-state index in [0.717, 1.165) is 18.8 Å². The number of nitrogens with one attached hydrogen (secondary N) is 1. The first kappa shape index (κ1) is 7.73. The monoisotopic (exact) mass is 140 g/mol. The largest absolute Gasteiger partial charge is 0.310 e. The van der Waals surface area contributed by atoms with E-state index in [1.807, 2.05) is 6.92 Å². The molecule has 2 heteroatoms. The third-order valence-electron chi connectivity index (χ3n) is 2.11. The first-order valence-electron chi connectivity index (χ1n) is 4.01. The van der Waals surface area contributed by atoms with E-state index in [4.69, 9.17) is 5.41 Å². The lowest BCUT2D eigenvalue weighted by Gasteiger charge is -2.38. The summed E-state index contributed by atoms with van der Waals surface area (Å²) < 4.78 is 0. The van der Waals surface area contributed by atoms with Gasteiger partial charge >= 0.3 is 0 Å². The predicted molar refractivity (Wildman–Crippen MR) is 43.6 cm³/mol. The maximum absolute atomic E-state index is 7.35. The maximum atomic E-state index is 7.35. The molecule has 0 spiro atoms. The van der Waals surface area contributed by atoms with Crippen molar-refractivity contribution in [3.63, 3.8) is 0 Å². The van der Waals surface area contributed by atoms with E-state index in [-0.39, 0.29) is 0 Å². The van der Waals surface area contributed by atoms with Crippen molar-refractivity contribution < 1.29 is 0 Å². The minimum absolute atomic E-state index is 0.576. The summed E-state index contributed by atoms with van der Waals surface area (Å²) in [7, 11) is 0. The standard InChI is InChI=1S/C8H16N2/c1-3-4-10-5-8(6-10)7(2)9/h8-9H,3-6H2,1-2H3. The van der Waals surface area contributed by atoms with E-state index < -0.39 is 0 Å². The van der Waals surface area contributed by atoms with Crippen LogP contribution in [0.1, 0.15) is 20.3 Å². The Labute approximate surface area is 62.7 Å². The Kier molecular flexibility index (Phi) is 2.44. The van der Waals surface area contributed by atoms with Gasteiger partial charge in [0.25, 0.3) is 0 Å². The molecule has 2 nitrogen and oxygen atoms in total. The molecule has 10 heavy (non-hydrogen) atoms. The van der Waals surface area contributed by atoms with E-state index >= 15 is 0 Å². The molecule has 1 fully saturated rings. The maximum Gasteiger partial charge on any atom is 0.0218 e. The molecule has 1 aliphatic rings. The summed E-state index contributed by atoms with van der Waals surface area (Å²) in [5.74, 6) is 0.576. The lowest BCUT2D eigenvalue weighted by molar-refractivity contribution is 0.142. The van der Waals surface area contributed by atoms with Crippen LogP contribution in [0, 0.1) is 11.3 Å². The summed E-state index contributed by atoms with van der Waals surface area (Å²) in [5, 5.41) is 7.35. The number of rotatable bonds is 3. The van der Waals surface area contributed by atoms with Gasteiger partial charge in [0.05, 0.1) is 0 Å². The van der Waals surface area contributed by atoms with Crippen molar-refractivity contribution >= 4 is 5.71 Å². The Hall–Kier alpha value is -0.370. The summed E-state index contributed by atoms with van der Waals surface area (Å²) in [4.78, 5) is 2.41. The molecule has 1 heterocycles. The third-order valence-corrected chi connectivity index (χ3v) is 2.11. The summed E-state index contributed by atoms with van der Waals surface area (Å²) in [6.07, 6.45) is 1.24. The molecule has 0 aliphatic carbocycles. The van der Waals surface area contributed by atoms with Crippen LogP contribution in [0.25, 0.3) is 0 Å². The van der Waals surface area contributed by atoms with Gasteiger partial charge in [-0.2, -0.15) is 0 Å². The Morgan fingerprint density at radius 2 is 2.20 bits per heavy atom. The van der Waals surface area contributed by atoms with Crippen molar-refractivity contribution in [3.05, 3.63) is 0 Å². The normalized spacial score (nSPS) is 20.6. The molecule has 1 saturated heterocycles. The number of likely N-dealkylation sites (tertiary alicyclic amines) is 1. The van der Waals surface area contributed by atoms with Crippen LogP contribution in [-0.4, -0.2) is 30.2 Å². The van der Waals surface area contributed by atoms with Gasteiger partial charge in [-0.05, 0) is 19.9 Å². The van der Waals surface area contributed by atoms with E-state index in [2.05, 4.69) is 11.8 Å². The van der Waals surface area contributed by atoms with E-state index in [0.29, 0.717) is 5.92 Å². The van der Waals surface area contributed by atoms with Gasteiger partial charge in [-0.3, -0.25) is 0 Å². The Morgan fingerprint density at radius 3 is 2.60 bits per heavy atom. The minimum atomic E-state index is 0.576. The minimum Gasteiger partial charge on any atom is -0.310 e. The summed E-state index contributed by atoms with van der Waals surface area (Å²) in [5.41, 5.74) is 0.854. The first-order chi connectivity index (χ1) is 4.74. The van der Waals surface area contributed by atoms with Crippen LogP contribution in [0.4, 0.5) is 0 Å². The van der Waals surface area contributed by atoms with Crippen LogP contribution in [0.15, 0.2) is 0 Å². The second-order valence-electron chi connectivity index (χ2n) is 3.14. The fraction of sp³-hybridized carbons (Fsp3) is 0.875. The average molecular weight is 140 g/mol. The molecule has 0 bridgehead atoms. The summed E-state index contributed by atoms with van der Waals surface area (Å²) in [6.45, 7) is 7.58. The highest BCUT2D eigenvalue weighted by Crippen LogP contribution is 2.15. The van der Waals surface area contributed by atoms with Crippen LogP contribution in [0.3, 0.4) is 0 Å². The number of hydrogen-bond donors (Lipinski definition) is 1. The van der Waals surface area contributed by atoms with Crippen LogP contribution in [0.5, 0.6) is 0 Å². The molecule has 58 valence electrons. The molecule has 0 aromatic carbocycles. The Morgan fingerprint density at radius 1 is 1.60 bits per heavy atom. The van der Waals surface area contributed by atoms with Crippen LogP contribution < -0.4 is 0 Å². The summed E-state index contributed by atoms with van der Waals surface area (Å²) in [6, 6.07) is 0. The zero-order valence-electron chi connectivity index (χ0n) is 6.85. The number of hydrogen-bond acceptors (Lipinski definition) is 2. The quantitative estimate of drug-likeness (QED) is 0.589. The fourth-order valence-corrected chi connectivity index (χ4v) is 1.34. The van der Waals surface area contributed by atoms with Crippen molar-refractivity contribution in [1.29, 1.82) is 5.41 Å². The molecular formula is C8H16N2. The third kappa shape index (κ3) is 1.57. The second kappa shape index (κ2) is 3.15. The van der Waals surface area contributed by atoms with Gasteiger partial charge in [0.15, 0.2) is 0 Å². The molecule has 0 saturated carbocycles. The lowest BCUT2D eigenvalue weighted by Crippen LogP contribution is -2.49. The highest BCUT2D eigenvalue weighted by molar-refractivity contribution is 5.82. The van der Waals surface area contributed by atoms with Crippen molar-refractivity contribution in [2.45, 2.75) is 20.3 Å². The van der Waals surface area contributed by atoms with Gasteiger partial charge in [0.2, 0.25) is 0 Å². The van der Waals surface area contributed by atoms with Crippen LogP contribution in [0.2, 0.25) is 0 Å².